The summed E-state index contributed by atoms with van der Waals surface area (Å²) in [6, 6.07) is 5.46. The Bertz CT molecular complexity index is 654. The summed E-state index contributed by atoms with van der Waals surface area (Å²) in [5.74, 6) is 2.20. The maximum absolute atomic E-state index is 5.62. The molecule has 0 saturated heterocycles. The van der Waals surface area contributed by atoms with Gasteiger partial charge < -0.3 is 10.2 Å². The van der Waals surface area contributed by atoms with E-state index >= 15 is 0 Å². The van der Waals surface area contributed by atoms with Crippen LogP contribution in [0, 0.1) is 6.92 Å². The van der Waals surface area contributed by atoms with Crippen molar-refractivity contribution < 1.29 is 4.42 Å². The molecular weight excluding hydrogens is 206 g/mol. The van der Waals surface area contributed by atoms with Crippen LogP contribution >= 0.6 is 0 Å². The average molecular weight is 215 g/mol. The second kappa shape index (κ2) is 3.06. The lowest BCUT2D eigenvalue weighted by Crippen LogP contribution is -2.03. The Balaban J connectivity index is 2.33. The Morgan fingerprint density at radius 1 is 1.25 bits per heavy atom. The molecule has 0 amide bonds. The first-order valence-corrected chi connectivity index (χ1v) is 4.78. The van der Waals surface area contributed by atoms with Gasteiger partial charge in [0, 0.05) is 6.07 Å². The quantitative estimate of drug-likeness (QED) is 0.661. The molecule has 0 radical (unpaired) electrons. The van der Waals surface area contributed by atoms with Gasteiger partial charge >= 0.3 is 0 Å². The molecule has 0 saturated carbocycles. The number of nitrogens with two attached hydrogens (primary N) is 1. The van der Waals surface area contributed by atoms with Gasteiger partial charge in [-0.15, -0.1) is 0 Å². The van der Waals surface area contributed by atoms with Gasteiger partial charge in [0.25, 0.3) is 0 Å². The monoisotopic (exact) mass is 215 g/mol. The summed E-state index contributed by atoms with van der Waals surface area (Å²) in [5, 5.41) is 4.12. The summed E-state index contributed by atoms with van der Waals surface area (Å²) in [6.45, 7) is 1.87. The summed E-state index contributed by atoms with van der Waals surface area (Å²) in [6.07, 6.45) is 1.64. The Hall–Kier alpha value is -2.37. The topological polar surface area (TPSA) is 82.2 Å². The van der Waals surface area contributed by atoms with Crippen molar-refractivity contribution >= 4 is 11.6 Å². The molecule has 3 aromatic rings. The molecule has 80 valence electrons. The highest BCUT2D eigenvalue weighted by atomic mass is 16.3. The van der Waals surface area contributed by atoms with E-state index in [0.29, 0.717) is 17.2 Å². The van der Waals surface area contributed by atoms with Crippen LogP contribution in [0.25, 0.3) is 17.2 Å². The van der Waals surface area contributed by atoms with Crippen LogP contribution in [-0.2, 0) is 0 Å². The van der Waals surface area contributed by atoms with Crippen molar-refractivity contribution in [2.24, 2.45) is 0 Å². The third kappa shape index (κ3) is 1.23. The van der Waals surface area contributed by atoms with Crippen LogP contribution in [0.4, 0.5) is 5.95 Å². The highest BCUT2D eigenvalue weighted by Crippen LogP contribution is 2.20. The smallest absolute Gasteiger partial charge is 0.224 e. The highest BCUT2D eigenvalue weighted by molar-refractivity contribution is 5.55. The van der Waals surface area contributed by atoms with E-state index in [1.165, 1.54) is 0 Å². The molecule has 0 aliphatic rings. The summed E-state index contributed by atoms with van der Waals surface area (Å²) in [7, 11) is 0. The average Bonchev–Trinajstić information content (AvgIpc) is 2.84. The van der Waals surface area contributed by atoms with Crippen LogP contribution < -0.4 is 5.73 Å². The van der Waals surface area contributed by atoms with Crippen LogP contribution in [0.3, 0.4) is 0 Å². The van der Waals surface area contributed by atoms with Crippen LogP contribution in [0.1, 0.15) is 5.76 Å². The van der Waals surface area contributed by atoms with E-state index in [0.717, 1.165) is 5.76 Å². The fourth-order valence-corrected chi connectivity index (χ4v) is 1.56. The molecular formula is C10H9N5O. The normalized spacial score (nSPS) is 11.1. The fraction of sp³-hybridized carbons (Fsp3) is 0.100. The molecule has 0 aromatic carbocycles. The maximum Gasteiger partial charge on any atom is 0.224 e. The Labute approximate surface area is 90.7 Å². The zero-order valence-electron chi connectivity index (χ0n) is 8.58. The molecule has 0 aliphatic heterocycles. The SMILES string of the molecule is Cc1ccc(-c2nc(N)nc3ccnn23)o1. The van der Waals surface area contributed by atoms with Gasteiger partial charge in [0.2, 0.25) is 11.8 Å². The van der Waals surface area contributed by atoms with Crippen LogP contribution in [0.2, 0.25) is 0 Å². The number of hydrogen-bond donors (Lipinski definition) is 1. The molecule has 0 aliphatic carbocycles. The zero-order valence-corrected chi connectivity index (χ0v) is 8.58. The summed E-state index contributed by atoms with van der Waals surface area (Å²) in [5.41, 5.74) is 6.27. The van der Waals surface area contributed by atoms with E-state index in [1.54, 1.807) is 16.8 Å². The first-order chi connectivity index (χ1) is 7.74. The lowest BCUT2D eigenvalue weighted by molar-refractivity contribution is 0.541. The molecule has 3 aromatic heterocycles. The summed E-state index contributed by atoms with van der Waals surface area (Å²) < 4.78 is 7.09. The fourth-order valence-electron chi connectivity index (χ4n) is 1.56. The van der Waals surface area contributed by atoms with Crippen molar-refractivity contribution in [2.45, 2.75) is 6.92 Å². The Morgan fingerprint density at radius 3 is 2.88 bits per heavy atom. The largest absolute Gasteiger partial charge is 0.458 e. The minimum absolute atomic E-state index is 0.206. The van der Waals surface area contributed by atoms with Crippen molar-refractivity contribution in [3.05, 3.63) is 30.2 Å². The van der Waals surface area contributed by atoms with E-state index in [9.17, 15) is 0 Å². The summed E-state index contributed by atoms with van der Waals surface area (Å²) >= 11 is 0. The summed E-state index contributed by atoms with van der Waals surface area (Å²) in [4.78, 5) is 8.18. The third-order valence-corrected chi connectivity index (χ3v) is 2.23. The standard InChI is InChI=1S/C10H9N5O/c1-6-2-3-7(16-6)9-14-10(11)13-8-4-5-12-15(8)9/h2-5H,1H3,(H2,11,13). The molecule has 0 unspecified atom stereocenters. The minimum Gasteiger partial charge on any atom is -0.458 e. The first kappa shape index (κ1) is 8.90. The van der Waals surface area contributed by atoms with E-state index in [-0.39, 0.29) is 5.95 Å². The molecule has 3 rings (SSSR count). The van der Waals surface area contributed by atoms with Gasteiger partial charge in [0.1, 0.15) is 5.76 Å². The molecule has 0 spiro atoms. The number of fused-ring (bicyclic) bond motifs is 1. The predicted molar refractivity (Wildman–Crippen MR) is 57.6 cm³/mol. The van der Waals surface area contributed by atoms with Gasteiger partial charge in [0.15, 0.2) is 11.4 Å². The number of hydrogen-bond acceptors (Lipinski definition) is 5. The molecule has 3 heterocycles. The van der Waals surface area contributed by atoms with Crippen molar-refractivity contribution in [1.29, 1.82) is 0 Å². The zero-order chi connectivity index (χ0) is 11.1. The Kier molecular flexibility index (Phi) is 1.70. The van der Waals surface area contributed by atoms with Crippen molar-refractivity contribution in [3.8, 4) is 11.6 Å². The molecule has 6 heteroatoms. The van der Waals surface area contributed by atoms with E-state index in [4.69, 9.17) is 10.2 Å². The van der Waals surface area contributed by atoms with Gasteiger partial charge in [-0.2, -0.15) is 19.6 Å². The Morgan fingerprint density at radius 2 is 2.12 bits per heavy atom. The second-order valence-corrected chi connectivity index (χ2v) is 3.42. The van der Waals surface area contributed by atoms with Gasteiger partial charge in [0.05, 0.1) is 6.20 Å². The van der Waals surface area contributed by atoms with Gasteiger partial charge in [-0.05, 0) is 19.1 Å². The number of nitrogen functional groups attached to an aromatic ring is 1. The number of aromatic nitrogens is 4. The van der Waals surface area contributed by atoms with Gasteiger partial charge in [-0.25, -0.2) is 0 Å². The molecule has 2 N–H and O–H groups in total. The lowest BCUT2D eigenvalue weighted by atomic mass is 10.4. The van der Waals surface area contributed by atoms with Crippen LogP contribution in [0.5, 0.6) is 0 Å². The second-order valence-electron chi connectivity index (χ2n) is 3.42. The number of nitrogens with zero attached hydrogens (tertiary/aromatic N) is 4. The molecule has 6 nitrogen and oxygen atoms in total. The van der Waals surface area contributed by atoms with Crippen LogP contribution in [-0.4, -0.2) is 19.6 Å². The van der Waals surface area contributed by atoms with Crippen molar-refractivity contribution in [2.75, 3.05) is 5.73 Å². The highest BCUT2D eigenvalue weighted by Gasteiger charge is 2.11. The predicted octanol–water partition coefficient (Wildman–Crippen LogP) is 1.27. The van der Waals surface area contributed by atoms with Crippen molar-refractivity contribution in [1.82, 2.24) is 19.6 Å². The van der Waals surface area contributed by atoms with Gasteiger partial charge in [-0.1, -0.05) is 0 Å². The lowest BCUT2D eigenvalue weighted by Gasteiger charge is -2.01. The minimum atomic E-state index is 0.206. The van der Waals surface area contributed by atoms with E-state index in [1.807, 2.05) is 19.1 Å². The molecule has 16 heavy (non-hydrogen) atoms. The molecule has 0 bridgehead atoms. The first-order valence-electron chi connectivity index (χ1n) is 4.78. The number of rotatable bonds is 1. The molecule has 0 fully saturated rings. The molecule has 0 atom stereocenters. The number of aryl methyl sites for hydroxylation is 1. The van der Waals surface area contributed by atoms with Crippen LogP contribution in [0.15, 0.2) is 28.8 Å². The third-order valence-electron chi connectivity index (χ3n) is 2.23. The van der Waals surface area contributed by atoms with Crippen molar-refractivity contribution in [3.63, 3.8) is 0 Å². The number of anilines is 1. The van der Waals surface area contributed by atoms with E-state index < -0.39 is 0 Å². The van der Waals surface area contributed by atoms with E-state index in [2.05, 4.69) is 15.1 Å². The maximum atomic E-state index is 5.62. The number of furan rings is 1. The van der Waals surface area contributed by atoms with Gasteiger partial charge in [-0.3, -0.25) is 0 Å².